The van der Waals surface area contributed by atoms with Gasteiger partial charge >= 0.3 is 0 Å². The van der Waals surface area contributed by atoms with E-state index >= 15 is 4.39 Å². The molecule has 0 spiro atoms. The van der Waals surface area contributed by atoms with Gasteiger partial charge in [0.05, 0.1) is 0 Å². The van der Waals surface area contributed by atoms with Crippen LogP contribution in [0.2, 0.25) is 0 Å². The SMILES string of the molecule is FC1CCCCC1(F)C1(Cl)CCCCC1(Cl)Cl. The molecule has 0 bridgehead atoms. The Bertz CT molecular complexity index is 297. The van der Waals surface area contributed by atoms with Crippen LogP contribution < -0.4 is 0 Å². The number of hydrogen-bond acceptors (Lipinski definition) is 0. The summed E-state index contributed by atoms with van der Waals surface area (Å²) in [6.07, 6.45) is 2.48. The van der Waals surface area contributed by atoms with Crippen molar-refractivity contribution in [2.75, 3.05) is 0 Å². The van der Waals surface area contributed by atoms with Crippen LogP contribution in [0.15, 0.2) is 0 Å². The number of hydrogen-bond donors (Lipinski definition) is 0. The minimum absolute atomic E-state index is 0.124. The maximum absolute atomic E-state index is 15.1. The minimum Gasteiger partial charge on any atom is -0.244 e. The molecule has 100 valence electrons. The largest absolute Gasteiger partial charge is 0.244 e. The van der Waals surface area contributed by atoms with Gasteiger partial charge in [-0.3, -0.25) is 0 Å². The number of alkyl halides is 5. The fourth-order valence-electron chi connectivity index (χ4n) is 3.15. The first-order chi connectivity index (χ1) is 7.83. The lowest BCUT2D eigenvalue weighted by molar-refractivity contribution is -0.0376. The molecule has 0 aliphatic heterocycles. The predicted octanol–water partition coefficient (Wildman–Crippen LogP) is 5.33. The summed E-state index contributed by atoms with van der Waals surface area (Å²) in [5, 5.41) is 0. The summed E-state index contributed by atoms with van der Waals surface area (Å²) < 4.78 is 27.7. The highest BCUT2D eigenvalue weighted by atomic mass is 35.5. The molecule has 2 saturated carbocycles. The van der Waals surface area contributed by atoms with E-state index in [4.69, 9.17) is 34.8 Å². The van der Waals surface area contributed by atoms with Crippen LogP contribution in [0.1, 0.15) is 51.4 Å². The first-order valence-electron chi connectivity index (χ1n) is 6.23. The maximum Gasteiger partial charge on any atom is 0.163 e. The first kappa shape index (κ1) is 14.1. The van der Waals surface area contributed by atoms with Crippen LogP contribution in [0.25, 0.3) is 0 Å². The average Bonchev–Trinajstić information content (AvgIpc) is 2.26. The van der Waals surface area contributed by atoms with E-state index in [9.17, 15) is 4.39 Å². The molecule has 0 aromatic carbocycles. The Morgan fingerprint density at radius 1 is 0.882 bits per heavy atom. The van der Waals surface area contributed by atoms with Crippen molar-refractivity contribution in [1.29, 1.82) is 0 Å². The van der Waals surface area contributed by atoms with Gasteiger partial charge in [0.2, 0.25) is 0 Å². The smallest absolute Gasteiger partial charge is 0.163 e. The van der Waals surface area contributed by atoms with E-state index in [2.05, 4.69) is 0 Å². The molecular weight excluding hydrogens is 288 g/mol. The zero-order chi connectivity index (χ0) is 12.7. The van der Waals surface area contributed by atoms with Crippen LogP contribution in [0.4, 0.5) is 8.78 Å². The van der Waals surface area contributed by atoms with Gasteiger partial charge < -0.3 is 0 Å². The molecule has 0 aromatic rings. The van der Waals surface area contributed by atoms with Gasteiger partial charge in [-0.2, -0.15) is 0 Å². The molecule has 0 radical (unpaired) electrons. The van der Waals surface area contributed by atoms with Gasteiger partial charge in [-0.05, 0) is 32.1 Å². The van der Waals surface area contributed by atoms with Crippen molar-refractivity contribution < 1.29 is 8.78 Å². The van der Waals surface area contributed by atoms with E-state index in [1.165, 1.54) is 0 Å². The van der Waals surface area contributed by atoms with Crippen molar-refractivity contribution in [3.63, 3.8) is 0 Å². The zero-order valence-corrected chi connectivity index (χ0v) is 11.9. The van der Waals surface area contributed by atoms with Crippen LogP contribution in [0, 0.1) is 0 Å². The van der Waals surface area contributed by atoms with Crippen molar-refractivity contribution in [3.8, 4) is 0 Å². The van der Waals surface area contributed by atoms with Crippen molar-refractivity contribution in [3.05, 3.63) is 0 Å². The van der Waals surface area contributed by atoms with Gasteiger partial charge in [0.25, 0.3) is 0 Å². The third kappa shape index (κ3) is 2.08. The molecule has 0 aromatic heterocycles. The van der Waals surface area contributed by atoms with Crippen molar-refractivity contribution >= 4 is 34.8 Å². The lowest BCUT2D eigenvalue weighted by Gasteiger charge is -2.52. The van der Waals surface area contributed by atoms with E-state index in [1.807, 2.05) is 0 Å². The quantitative estimate of drug-likeness (QED) is 0.574. The second kappa shape index (κ2) is 4.68. The van der Waals surface area contributed by atoms with Gasteiger partial charge in [0.15, 0.2) is 5.67 Å². The van der Waals surface area contributed by atoms with Gasteiger partial charge in [-0.25, -0.2) is 8.78 Å². The molecule has 2 aliphatic rings. The predicted molar refractivity (Wildman–Crippen MR) is 68.7 cm³/mol. The summed E-state index contributed by atoms with van der Waals surface area (Å²) in [6.45, 7) is 0. The molecule has 0 heterocycles. The summed E-state index contributed by atoms with van der Waals surface area (Å²) in [6, 6.07) is 0. The highest BCUT2D eigenvalue weighted by Gasteiger charge is 2.66. The summed E-state index contributed by atoms with van der Waals surface area (Å²) >= 11 is 18.8. The maximum atomic E-state index is 15.1. The Labute approximate surface area is 116 Å². The van der Waals surface area contributed by atoms with E-state index in [0.29, 0.717) is 25.7 Å². The number of halogens is 5. The van der Waals surface area contributed by atoms with Crippen LogP contribution in [-0.4, -0.2) is 21.0 Å². The van der Waals surface area contributed by atoms with Crippen LogP contribution >= 0.6 is 34.8 Å². The third-order valence-corrected chi connectivity index (χ3v) is 6.29. The fourth-order valence-corrected chi connectivity index (χ4v) is 4.36. The molecule has 3 unspecified atom stereocenters. The molecule has 5 heteroatoms. The van der Waals surface area contributed by atoms with Crippen molar-refractivity contribution in [2.24, 2.45) is 0 Å². The van der Waals surface area contributed by atoms with E-state index in [-0.39, 0.29) is 12.8 Å². The Kier molecular flexibility index (Phi) is 3.90. The average molecular weight is 306 g/mol. The molecule has 2 aliphatic carbocycles. The normalized spacial score (nSPS) is 46.8. The summed E-state index contributed by atoms with van der Waals surface area (Å²) in [5.74, 6) is 0. The van der Waals surface area contributed by atoms with Crippen molar-refractivity contribution in [1.82, 2.24) is 0 Å². The second-order valence-electron chi connectivity index (χ2n) is 5.29. The molecule has 0 N–H and O–H groups in total. The molecule has 17 heavy (non-hydrogen) atoms. The van der Waals surface area contributed by atoms with Crippen LogP contribution in [-0.2, 0) is 0 Å². The Morgan fingerprint density at radius 3 is 2.06 bits per heavy atom. The molecule has 2 fully saturated rings. The summed E-state index contributed by atoms with van der Waals surface area (Å²) in [7, 11) is 0. The van der Waals surface area contributed by atoms with Crippen LogP contribution in [0.5, 0.6) is 0 Å². The first-order valence-corrected chi connectivity index (χ1v) is 7.37. The van der Waals surface area contributed by atoms with Crippen molar-refractivity contribution in [2.45, 2.75) is 72.4 Å². The second-order valence-corrected chi connectivity index (χ2v) is 7.42. The lowest BCUT2D eigenvalue weighted by Crippen LogP contribution is -2.63. The topological polar surface area (TPSA) is 0 Å². The molecule has 2 rings (SSSR count). The Balaban J connectivity index is 2.34. The molecule has 3 atom stereocenters. The Hall–Kier alpha value is 0.730. The molecule has 0 saturated heterocycles. The third-order valence-electron chi connectivity index (χ3n) is 4.25. The number of rotatable bonds is 1. The Morgan fingerprint density at radius 2 is 1.47 bits per heavy atom. The van der Waals surface area contributed by atoms with Gasteiger partial charge in [0.1, 0.15) is 15.4 Å². The highest BCUT2D eigenvalue weighted by molar-refractivity contribution is 6.53. The fraction of sp³-hybridized carbons (Fsp3) is 1.00. The monoisotopic (exact) mass is 304 g/mol. The van der Waals surface area contributed by atoms with E-state index < -0.39 is 21.0 Å². The molecule has 0 nitrogen and oxygen atoms in total. The van der Waals surface area contributed by atoms with Gasteiger partial charge in [0, 0.05) is 0 Å². The van der Waals surface area contributed by atoms with Gasteiger partial charge in [-0.1, -0.05) is 42.5 Å². The standard InChI is InChI=1S/C12H17Cl3F2/c13-11(7-3-4-8-12(11,14)15)10(17)6-2-1-5-9(10)16/h9H,1-8H2. The van der Waals surface area contributed by atoms with Crippen LogP contribution in [0.3, 0.4) is 0 Å². The van der Waals surface area contributed by atoms with Gasteiger partial charge in [-0.15, -0.1) is 11.6 Å². The van der Waals surface area contributed by atoms with E-state index in [1.54, 1.807) is 0 Å². The highest BCUT2D eigenvalue weighted by Crippen LogP contribution is 2.60. The van der Waals surface area contributed by atoms with E-state index in [0.717, 1.165) is 12.8 Å². The lowest BCUT2D eigenvalue weighted by atomic mass is 9.69. The zero-order valence-electron chi connectivity index (χ0n) is 9.62. The molecule has 0 amide bonds. The summed E-state index contributed by atoms with van der Waals surface area (Å²) in [5.41, 5.74) is -2.09. The summed E-state index contributed by atoms with van der Waals surface area (Å²) in [4.78, 5) is -1.48. The molecular formula is C12H17Cl3F2. The minimum atomic E-state index is -2.09.